The van der Waals surface area contributed by atoms with Crippen LogP contribution in [0.15, 0.2) is 58.2 Å². The molecule has 0 radical (unpaired) electrons. The Labute approximate surface area is 181 Å². The Morgan fingerprint density at radius 1 is 1.28 bits per heavy atom. The van der Waals surface area contributed by atoms with Gasteiger partial charge in [0.25, 0.3) is 0 Å². The molecule has 0 aliphatic carbocycles. The predicted molar refractivity (Wildman–Crippen MR) is 115 cm³/mol. The molecule has 1 amide bonds. The van der Waals surface area contributed by atoms with Crippen molar-refractivity contribution in [3.63, 3.8) is 0 Å². The maximum Gasteiger partial charge on any atom is 0.236 e. The third-order valence-electron chi connectivity index (χ3n) is 4.70. The Bertz CT molecular complexity index is 1030. The largest absolute Gasteiger partial charge is 0.496 e. The molecule has 2 heterocycles. The zero-order chi connectivity index (χ0) is 20.4. The minimum atomic E-state index is -0.407. The van der Waals surface area contributed by atoms with Crippen molar-refractivity contribution in [2.24, 2.45) is 0 Å². The van der Waals surface area contributed by atoms with Gasteiger partial charge in [-0.15, -0.1) is 10.2 Å². The van der Waals surface area contributed by atoms with Gasteiger partial charge in [0.05, 0.1) is 17.6 Å². The number of fused-ring (bicyclic) bond motifs is 1. The van der Waals surface area contributed by atoms with Crippen molar-refractivity contribution in [3.8, 4) is 5.75 Å². The van der Waals surface area contributed by atoms with Gasteiger partial charge in [-0.1, -0.05) is 48.2 Å². The highest BCUT2D eigenvalue weighted by atomic mass is 79.9. The van der Waals surface area contributed by atoms with Gasteiger partial charge in [-0.25, -0.2) is 4.68 Å². The van der Waals surface area contributed by atoms with E-state index in [0.717, 1.165) is 27.2 Å². The first kappa shape index (κ1) is 19.8. The molecule has 0 saturated carbocycles. The Morgan fingerprint density at radius 2 is 2.07 bits per heavy atom. The van der Waals surface area contributed by atoms with E-state index in [9.17, 15) is 4.79 Å². The van der Waals surface area contributed by atoms with E-state index < -0.39 is 5.25 Å². The summed E-state index contributed by atoms with van der Waals surface area (Å²) in [6.45, 7) is 2.35. The lowest BCUT2D eigenvalue weighted by atomic mass is 10.0. The minimum Gasteiger partial charge on any atom is -0.496 e. The van der Waals surface area contributed by atoms with Crippen molar-refractivity contribution in [2.75, 3.05) is 12.5 Å². The Balaban J connectivity index is 1.61. The van der Waals surface area contributed by atoms with Gasteiger partial charge in [-0.05, 0) is 46.1 Å². The molecule has 29 heavy (non-hydrogen) atoms. The average molecular weight is 474 g/mol. The number of nitrogens with one attached hydrogen (secondary N) is 2. The molecule has 0 bridgehead atoms. The number of thioether (sulfide) groups is 1. The van der Waals surface area contributed by atoms with Crippen LogP contribution in [0.25, 0.3) is 0 Å². The van der Waals surface area contributed by atoms with E-state index in [0.29, 0.717) is 11.7 Å². The zero-order valence-electron chi connectivity index (χ0n) is 15.9. The van der Waals surface area contributed by atoms with Gasteiger partial charge in [-0.2, -0.15) is 0 Å². The zero-order valence-corrected chi connectivity index (χ0v) is 18.3. The number of aryl methyl sites for hydroxylation is 1. The van der Waals surface area contributed by atoms with Crippen molar-refractivity contribution in [3.05, 3.63) is 70.0 Å². The van der Waals surface area contributed by atoms with Gasteiger partial charge >= 0.3 is 0 Å². The van der Waals surface area contributed by atoms with E-state index >= 15 is 0 Å². The topological polar surface area (TPSA) is 81.1 Å². The van der Waals surface area contributed by atoms with Gasteiger partial charge in [0.2, 0.25) is 11.1 Å². The monoisotopic (exact) mass is 473 g/mol. The van der Waals surface area contributed by atoms with Crippen molar-refractivity contribution in [1.29, 1.82) is 0 Å². The van der Waals surface area contributed by atoms with Gasteiger partial charge in [0.1, 0.15) is 16.8 Å². The Kier molecular flexibility index (Phi) is 5.77. The van der Waals surface area contributed by atoms with E-state index in [1.54, 1.807) is 7.11 Å². The summed E-state index contributed by atoms with van der Waals surface area (Å²) in [6.07, 6.45) is 0. The summed E-state index contributed by atoms with van der Waals surface area (Å²) in [5.74, 6) is 1.42. The summed E-state index contributed by atoms with van der Waals surface area (Å²) in [5, 5.41) is 11.6. The lowest BCUT2D eigenvalue weighted by Gasteiger charge is -2.33. The van der Waals surface area contributed by atoms with E-state index in [1.165, 1.54) is 11.8 Å². The van der Waals surface area contributed by atoms with Gasteiger partial charge < -0.3 is 15.5 Å². The van der Waals surface area contributed by atoms with E-state index in [1.807, 2.05) is 60.1 Å². The van der Waals surface area contributed by atoms with Crippen molar-refractivity contribution >= 4 is 33.6 Å². The van der Waals surface area contributed by atoms with Crippen molar-refractivity contribution in [1.82, 2.24) is 20.2 Å². The number of nitrogens with zero attached hydrogens (tertiary/aromatic N) is 3. The number of hydrogen-bond acceptors (Lipinski definition) is 6. The first-order valence-electron chi connectivity index (χ1n) is 9.07. The fraction of sp³-hybridized carbons (Fsp3) is 0.250. The molecule has 2 unspecified atom stereocenters. The van der Waals surface area contributed by atoms with Crippen LogP contribution in [0.4, 0.5) is 0 Å². The van der Waals surface area contributed by atoms with Crippen molar-refractivity contribution in [2.45, 2.75) is 29.9 Å². The third-order valence-corrected chi connectivity index (χ3v) is 6.54. The highest BCUT2D eigenvalue weighted by Gasteiger charge is 2.37. The number of methoxy groups -OCH3 is 1. The highest BCUT2D eigenvalue weighted by Crippen LogP contribution is 2.39. The van der Waals surface area contributed by atoms with Crippen molar-refractivity contribution < 1.29 is 9.53 Å². The molecule has 3 aromatic rings. The van der Waals surface area contributed by atoms with E-state index in [-0.39, 0.29) is 11.9 Å². The molecule has 9 heteroatoms. The summed E-state index contributed by atoms with van der Waals surface area (Å²) >= 11 is 4.95. The fourth-order valence-electron chi connectivity index (χ4n) is 3.17. The quantitative estimate of drug-likeness (QED) is 0.590. The van der Waals surface area contributed by atoms with Crippen LogP contribution >= 0.6 is 27.7 Å². The predicted octanol–water partition coefficient (Wildman–Crippen LogP) is 3.43. The lowest BCUT2D eigenvalue weighted by Crippen LogP contribution is -2.44. The molecular formula is C20H20BrN5O2S. The molecule has 1 aliphatic heterocycles. The second-order valence-electron chi connectivity index (χ2n) is 6.61. The van der Waals surface area contributed by atoms with Crippen LogP contribution in [0.5, 0.6) is 5.75 Å². The number of hydrogen-bond donors (Lipinski definition) is 2. The molecule has 2 aromatic carbocycles. The second kappa shape index (κ2) is 8.46. The van der Waals surface area contributed by atoms with Gasteiger partial charge in [0, 0.05) is 6.54 Å². The first-order chi connectivity index (χ1) is 14.1. The number of ether oxygens (including phenoxy) is 1. The highest BCUT2D eigenvalue weighted by molar-refractivity contribution is 9.10. The summed E-state index contributed by atoms with van der Waals surface area (Å²) in [4.78, 5) is 13.1. The van der Waals surface area contributed by atoms with E-state index in [4.69, 9.17) is 4.74 Å². The first-order valence-corrected chi connectivity index (χ1v) is 10.7. The molecule has 0 spiro atoms. The molecule has 0 fully saturated rings. The molecule has 150 valence electrons. The van der Waals surface area contributed by atoms with Crippen LogP contribution in [-0.2, 0) is 11.3 Å². The number of carbonyl (C=O) groups excluding carboxylic acids is 1. The Hall–Kier alpha value is -2.52. The average Bonchev–Trinajstić information content (AvgIpc) is 3.11. The van der Waals surface area contributed by atoms with Crippen LogP contribution < -0.4 is 15.5 Å². The van der Waals surface area contributed by atoms with Crippen LogP contribution in [-0.4, -0.2) is 33.1 Å². The summed E-state index contributed by atoms with van der Waals surface area (Å²) < 4.78 is 8.00. The summed E-state index contributed by atoms with van der Waals surface area (Å²) in [5.41, 5.74) is 5.42. The third kappa shape index (κ3) is 4.11. The number of halogens is 1. The Morgan fingerprint density at radius 3 is 2.79 bits per heavy atom. The van der Waals surface area contributed by atoms with Gasteiger partial charge in [0.15, 0.2) is 0 Å². The van der Waals surface area contributed by atoms with Crippen LogP contribution in [0, 0.1) is 6.92 Å². The summed E-state index contributed by atoms with van der Waals surface area (Å²) in [6, 6.07) is 15.4. The lowest BCUT2D eigenvalue weighted by molar-refractivity contribution is -0.121. The molecular weight excluding hydrogens is 454 g/mol. The maximum absolute atomic E-state index is 13.1. The van der Waals surface area contributed by atoms with Crippen LogP contribution in [0.3, 0.4) is 0 Å². The number of rotatable bonds is 5. The molecule has 4 rings (SSSR count). The molecule has 2 N–H and O–H groups in total. The second-order valence-corrected chi connectivity index (χ2v) is 8.57. The number of aromatic nitrogens is 3. The fourth-order valence-corrected chi connectivity index (χ4v) is 4.88. The minimum absolute atomic E-state index is 0.0600. The molecule has 2 atom stereocenters. The molecule has 1 aromatic heterocycles. The molecule has 1 aliphatic rings. The number of benzene rings is 2. The van der Waals surface area contributed by atoms with Gasteiger partial charge in [-0.3, -0.25) is 4.79 Å². The number of carbonyl (C=O) groups is 1. The normalized spacial score (nSPS) is 17.9. The smallest absolute Gasteiger partial charge is 0.236 e. The molecule has 7 nitrogen and oxygen atoms in total. The van der Waals surface area contributed by atoms with Crippen LogP contribution in [0.1, 0.15) is 23.0 Å². The van der Waals surface area contributed by atoms with E-state index in [2.05, 4.69) is 36.9 Å². The standard InChI is InChI=1S/C20H20BrN5O2S/c1-12-23-24-20-26(12)25-17(14-8-9-16(28-2)15(21)10-14)18(29-20)19(27)22-11-13-6-4-3-5-7-13/h3-10,17-18,25H,11H2,1-2H3,(H,22,27). The molecule has 0 saturated heterocycles. The van der Waals surface area contributed by atoms with Crippen LogP contribution in [0.2, 0.25) is 0 Å². The summed E-state index contributed by atoms with van der Waals surface area (Å²) in [7, 11) is 1.63. The maximum atomic E-state index is 13.1. The SMILES string of the molecule is COc1ccc(C2Nn3c(C)nnc3SC2C(=O)NCc2ccccc2)cc1Br. The number of amides is 1.